The first kappa shape index (κ1) is 41.5. The third-order valence-electron chi connectivity index (χ3n) is 4.59. The van der Waals surface area contributed by atoms with Gasteiger partial charge in [0.05, 0.1) is 0 Å². The fraction of sp³-hybridized carbons (Fsp3) is 1.00. The number of rotatable bonds is 2. The number of hydrogen-bond acceptors (Lipinski definition) is 0. The Labute approximate surface area is 197 Å². The molecule has 0 nitrogen and oxygen atoms in total. The molecule has 1 heteroatoms. The predicted octanol–water partition coefficient (Wildman–Crippen LogP) is 10.1. The van der Waals surface area contributed by atoms with Gasteiger partial charge in [-0.15, -0.1) is 0 Å². The standard InChI is InChI=1S/C13H24.2C3H8.2C2H6.2CH4.Y/c1-8(2)12-10-5-6-11(7-10)13(12)9(3)4;2*1-3-2;2*1-2;;;/h8-13H,5-7H2,1-4H3;2*3H2,1-2H3;2*1-2H3;2*1H4;. The van der Waals surface area contributed by atoms with Gasteiger partial charge in [0.2, 0.25) is 0 Å². The average molecular weight is 450 g/mol. The first-order chi connectivity index (χ1) is 10.9. The second kappa shape index (κ2) is 28.3. The average Bonchev–Trinajstić information content (AvgIpc) is 3.13. The van der Waals surface area contributed by atoms with Crippen LogP contribution in [-0.2, 0) is 32.7 Å². The van der Waals surface area contributed by atoms with Gasteiger partial charge >= 0.3 is 0 Å². The van der Waals surface area contributed by atoms with E-state index in [1.54, 1.807) is 6.42 Å². The minimum atomic E-state index is 0. The number of fused-ring (bicyclic) bond motifs is 2. The summed E-state index contributed by atoms with van der Waals surface area (Å²) in [7, 11) is 0. The Bertz CT molecular complexity index is 188. The van der Waals surface area contributed by atoms with Crippen LogP contribution < -0.4 is 0 Å². The van der Waals surface area contributed by atoms with Crippen molar-refractivity contribution in [3.05, 3.63) is 0 Å². The molecule has 1 radical (unpaired) electrons. The SMILES string of the molecule is C.C.CC.CC.CC(C)C1C2CCC(C2)C1C(C)C.CCC.CCC.[Y]. The molecule has 2 fully saturated rings. The first-order valence-corrected chi connectivity index (χ1v) is 10.9. The monoisotopic (exact) mass is 449 g/mol. The van der Waals surface area contributed by atoms with E-state index in [0.717, 1.165) is 35.5 Å². The van der Waals surface area contributed by atoms with Gasteiger partial charge in [-0.2, -0.15) is 0 Å². The molecule has 0 N–H and O–H groups in total. The Hall–Kier alpha value is 1.10. The van der Waals surface area contributed by atoms with Gasteiger partial charge in [-0.1, -0.05) is 111 Å². The van der Waals surface area contributed by atoms with Crippen LogP contribution in [0.15, 0.2) is 0 Å². The maximum Gasteiger partial charge on any atom is 0 e. The smallest absolute Gasteiger partial charge is 0 e. The summed E-state index contributed by atoms with van der Waals surface area (Å²) in [4.78, 5) is 0. The van der Waals surface area contributed by atoms with Crippen LogP contribution in [0.3, 0.4) is 0 Å². The summed E-state index contributed by atoms with van der Waals surface area (Å²) in [6, 6.07) is 0. The summed E-state index contributed by atoms with van der Waals surface area (Å²) in [5.41, 5.74) is 0. The van der Waals surface area contributed by atoms with Crippen molar-refractivity contribution in [2.24, 2.45) is 35.5 Å². The largest absolute Gasteiger partial charge is 0.0776 e. The minimum absolute atomic E-state index is 0. The molecule has 0 aromatic heterocycles. The molecule has 2 rings (SSSR count). The molecule has 4 unspecified atom stereocenters. The van der Waals surface area contributed by atoms with Crippen molar-refractivity contribution in [3.63, 3.8) is 0 Å². The van der Waals surface area contributed by atoms with Crippen LogP contribution in [0.5, 0.6) is 0 Å². The number of hydrogen-bond donors (Lipinski definition) is 0. The van der Waals surface area contributed by atoms with Gasteiger partial charge in [-0.25, -0.2) is 0 Å². The molecule has 0 aromatic rings. The van der Waals surface area contributed by atoms with Crippen LogP contribution in [0.25, 0.3) is 0 Å². The van der Waals surface area contributed by atoms with E-state index in [4.69, 9.17) is 0 Å². The molecule has 163 valence electrons. The molecule has 2 saturated carbocycles. The van der Waals surface area contributed by atoms with Crippen LogP contribution in [0.4, 0.5) is 0 Å². The quantitative estimate of drug-likeness (QED) is 0.393. The van der Waals surface area contributed by atoms with Gasteiger partial charge in [0.15, 0.2) is 0 Å². The summed E-state index contributed by atoms with van der Waals surface area (Å²) in [5.74, 6) is 6.14. The second-order valence-corrected chi connectivity index (χ2v) is 7.39. The summed E-state index contributed by atoms with van der Waals surface area (Å²) in [5, 5.41) is 0. The van der Waals surface area contributed by atoms with Crippen molar-refractivity contribution in [2.75, 3.05) is 0 Å². The molecule has 0 spiro atoms. The van der Waals surface area contributed by atoms with Crippen LogP contribution >= 0.6 is 0 Å². The van der Waals surface area contributed by atoms with Crippen molar-refractivity contribution >= 4 is 0 Å². The zero-order valence-electron chi connectivity index (χ0n) is 19.6. The molecule has 0 aromatic carbocycles. The molecule has 26 heavy (non-hydrogen) atoms. The topological polar surface area (TPSA) is 0 Å². The molecular weight excluding hydrogens is 389 g/mol. The Morgan fingerprint density at radius 1 is 0.615 bits per heavy atom. The van der Waals surface area contributed by atoms with E-state index in [1.165, 1.54) is 25.7 Å². The summed E-state index contributed by atoms with van der Waals surface area (Å²) < 4.78 is 0. The molecule has 0 amide bonds. The minimum Gasteiger partial charge on any atom is -0.0776 e. The zero-order valence-corrected chi connectivity index (χ0v) is 22.4. The molecule has 2 aliphatic rings. The van der Waals surface area contributed by atoms with Crippen LogP contribution in [-0.4, -0.2) is 0 Å². The zero-order chi connectivity index (χ0) is 19.0. The van der Waals surface area contributed by atoms with E-state index >= 15 is 0 Å². The molecule has 2 bridgehead atoms. The van der Waals surface area contributed by atoms with Crippen molar-refractivity contribution in [2.45, 2.75) is 130 Å². The normalized spacial score (nSPS) is 23.8. The van der Waals surface area contributed by atoms with Crippen LogP contribution in [0.1, 0.15) is 130 Å². The Morgan fingerprint density at radius 3 is 0.962 bits per heavy atom. The van der Waals surface area contributed by atoms with Gasteiger partial charge < -0.3 is 0 Å². The fourth-order valence-corrected chi connectivity index (χ4v) is 4.36. The first-order valence-electron chi connectivity index (χ1n) is 10.9. The van der Waals surface area contributed by atoms with E-state index in [-0.39, 0.29) is 47.6 Å². The third kappa shape index (κ3) is 16.1. The van der Waals surface area contributed by atoms with Crippen molar-refractivity contribution < 1.29 is 32.7 Å². The van der Waals surface area contributed by atoms with E-state index in [2.05, 4.69) is 55.4 Å². The Morgan fingerprint density at radius 2 is 0.808 bits per heavy atom. The fourth-order valence-electron chi connectivity index (χ4n) is 4.36. The van der Waals surface area contributed by atoms with Gasteiger partial charge in [-0.3, -0.25) is 0 Å². The summed E-state index contributed by atoms with van der Waals surface area (Å²) in [6.45, 7) is 26.2. The van der Waals surface area contributed by atoms with Gasteiger partial charge in [0.1, 0.15) is 0 Å². The molecule has 2 aliphatic carbocycles. The Balaban J connectivity index is -0.0000000667. The third-order valence-corrected chi connectivity index (χ3v) is 4.59. The second-order valence-electron chi connectivity index (χ2n) is 7.39. The van der Waals surface area contributed by atoms with Crippen molar-refractivity contribution in [3.8, 4) is 0 Å². The summed E-state index contributed by atoms with van der Waals surface area (Å²) in [6.07, 6.45) is 7.14. The van der Waals surface area contributed by atoms with E-state index in [0.29, 0.717) is 0 Å². The van der Waals surface area contributed by atoms with Crippen LogP contribution in [0, 0.1) is 35.5 Å². The molecule has 0 heterocycles. The van der Waals surface area contributed by atoms with E-state index < -0.39 is 0 Å². The Kier molecular flexibility index (Phi) is 45.2. The van der Waals surface area contributed by atoms with Crippen molar-refractivity contribution in [1.29, 1.82) is 0 Å². The maximum absolute atomic E-state index is 2.43. The predicted molar refractivity (Wildman–Crippen MR) is 126 cm³/mol. The van der Waals surface area contributed by atoms with E-state index in [9.17, 15) is 0 Å². The van der Waals surface area contributed by atoms with Crippen molar-refractivity contribution in [1.82, 2.24) is 0 Å². The van der Waals surface area contributed by atoms with E-state index in [1.807, 2.05) is 27.7 Å². The molecule has 0 saturated heterocycles. The maximum atomic E-state index is 2.43. The molecule has 0 aliphatic heterocycles. The molecule has 4 atom stereocenters. The molecular formula is C25H60Y. The van der Waals surface area contributed by atoms with Crippen LogP contribution in [0.2, 0.25) is 0 Å². The van der Waals surface area contributed by atoms with Gasteiger partial charge in [0, 0.05) is 32.7 Å². The summed E-state index contributed by atoms with van der Waals surface area (Å²) >= 11 is 0. The van der Waals surface area contributed by atoms with Gasteiger partial charge in [0.25, 0.3) is 0 Å². The van der Waals surface area contributed by atoms with Gasteiger partial charge in [-0.05, 0) is 54.8 Å².